The van der Waals surface area contributed by atoms with E-state index in [0.29, 0.717) is 27.3 Å². The number of nitrogens with zero attached hydrogens (tertiary/aromatic N) is 3. The van der Waals surface area contributed by atoms with Crippen LogP contribution >= 0.6 is 23.4 Å². The molecule has 0 aliphatic carbocycles. The molecule has 8 heteroatoms. The third-order valence-electron chi connectivity index (χ3n) is 5.25. The number of phenols is 1. The molecule has 1 aromatic heterocycles. The Morgan fingerprint density at radius 1 is 1.06 bits per heavy atom. The maximum absolute atomic E-state index is 12.7. The first kappa shape index (κ1) is 22.9. The van der Waals surface area contributed by atoms with Crippen LogP contribution in [0.5, 0.6) is 5.75 Å². The summed E-state index contributed by atoms with van der Waals surface area (Å²) in [6, 6.07) is 18.5. The van der Waals surface area contributed by atoms with E-state index in [1.54, 1.807) is 30.3 Å². The summed E-state index contributed by atoms with van der Waals surface area (Å²) in [4.78, 5) is 12.7. The minimum atomic E-state index is -0.176. The van der Waals surface area contributed by atoms with Gasteiger partial charge in [-0.2, -0.15) is 0 Å². The van der Waals surface area contributed by atoms with Gasteiger partial charge in [0.25, 0.3) is 0 Å². The predicted molar refractivity (Wildman–Crippen MR) is 133 cm³/mol. The normalized spacial score (nSPS) is 10.9. The molecular weight excluding hydrogens is 456 g/mol. The second-order valence-corrected chi connectivity index (χ2v) is 9.05. The molecular formula is C25H23ClN4O2S. The molecule has 0 radical (unpaired) electrons. The number of aromatic nitrogens is 3. The van der Waals surface area contributed by atoms with Crippen molar-refractivity contribution in [3.05, 3.63) is 82.4 Å². The molecule has 0 aliphatic rings. The van der Waals surface area contributed by atoms with Crippen LogP contribution in [0.4, 0.5) is 5.69 Å². The maximum atomic E-state index is 12.7. The second-order valence-electron chi connectivity index (χ2n) is 7.70. The van der Waals surface area contributed by atoms with E-state index < -0.39 is 0 Å². The molecule has 1 heterocycles. The molecule has 0 saturated heterocycles. The molecule has 2 N–H and O–H groups in total. The quantitative estimate of drug-likeness (QED) is 0.335. The number of halogens is 1. The van der Waals surface area contributed by atoms with Gasteiger partial charge in [-0.05, 0) is 62.2 Å². The van der Waals surface area contributed by atoms with Gasteiger partial charge in [0.1, 0.15) is 5.75 Å². The fourth-order valence-electron chi connectivity index (χ4n) is 3.53. The highest BCUT2D eigenvalue weighted by molar-refractivity contribution is 7.99. The number of thioether (sulfide) groups is 1. The van der Waals surface area contributed by atoms with Gasteiger partial charge in [-0.15, -0.1) is 10.2 Å². The molecule has 1 amide bonds. The highest BCUT2D eigenvalue weighted by atomic mass is 35.5. The van der Waals surface area contributed by atoms with Gasteiger partial charge in [0.15, 0.2) is 11.0 Å². The summed E-state index contributed by atoms with van der Waals surface area (Å²) in [5, 5.41) is 23.2. The van der Waals surface area contributed by atoms with Crippen molar-refractivity contribution in [2.45, 2.75) is 25.9 Å². The number of aryl methyl sites for hydroxylation is 2. The minimum absolute atomic E-state index is 0.113. The molecule has 33 heavy (non-hydrogen) atoms. The topological polar surface area (TPSA) is 80.0 Å². The number of para-hydroxylation sites is 1. The van der Waals surface area contributed by atoms with Crippen LogP contribution in [0.2, 0.25) is 5.02 Å². The molecule has 0 aliphatic heterocycles. The van der Waals surface area contributed by atoms with Crippen molar-refractivity contribution < 1.29 is 9.90 Å². The SMILES string of the molecule is Cc1ccc(-n2c(SCC(=O)Nc3cccc(Cl)c3C)nnc2-c2ccccc2O)c(C)c1. The summed E-state index contributed by atoms with van der Waals surface area (Å²) in [6.45, 7) is 5.91. The van der Waals surface area contributed by atoms with Gasteiger partial charge in [-0.1, -0.05) is 59.3 Å². The average molecular weight is 479 g/mol. The molecule has 0 spiro atoms. The van der Waals surface area contributed by atoms with Gasteiger partial charge < -0.3 is 10.4 Å². The Morgan fingerprint density at radius 3 is 2.61 bits per heavy atom. The first-order valence-electron chi connectivity index (χ1n) is 10.3. The number of hydrogen-bond donors (Lipinski definition) is 2. The Morgan fingerprint density at radius 2 is 1.85 bits per heavy atom. The summed E-state index contributed by atoms with van der Waals surface area (Å²) in [5.74, 6) is 0.579. The number of anilines is 1. The van der Waals surface area contributed by atoms with Crippen molar-refractivity contribution in [3.63, 3.8) is 0 Å². The largest absolute Gasteiger partial charge is 0.507 e. The van der Waals surface area contributed by atoms with Crippen LogP contribution in [0.3, 0.4) is 0 Å². The van der Waals surface area contributed by atoms with Gasteiger partial charge >= 0.3 is 0 Å². The lowest BCUT2D eigenvalue weighted by Crippen LogP contribution is -2.15. The summed E-state index contributed by atoms with van der Waals surface area (Å²) in [5.41, 5.74) is 5.12. The molecule has 168 valence electrons. The highest BCUT2D eigenvalue weighted by Crippen LogP contribution is 2.34. The molecule has 3 aromatic carbocycles. The fraction of sp³-hybridized carbons (Fsp3) is 0.160. The van der Waals surface area contributed by atoms with Gasteiger partial charge in [0.05, 0.1) is 17.0 Å². The fourth-order valence-corrected chi connectivity index (χ4v) is 4.45. The van der Waals surface area contributed by atoms with Crippen molar-refractivity contribution in [2.75, 3.05) is 11.1 Å². The number of carbonyl (C=O) groups excluding carboxylic acids is 1. The first-order valence-corrected chi connectivity index (χ1v) is 11.7. The molecule has 0 atom stereocenters. The van der Waals surface area contributed by atoms with Crippen molar-refractivity contribution in [3.8, 4) is 22.8 Å². The Kier molecular flexibility index (Phi) is 6.72. The Hall–Kier alpha value is -3.29. The summed E-state index contributed by atoms with van der Waals surface area (Å²) in [7, 11) is 0. The standard InChI is InChI=1S/C25H23ClN4O2S/c1-15-11-12-21(16(2)13-15)30-24(18-7-4-5-10-22(18)31)28-29-25(30)33-14-23(32)27-20-9-6-8-19(26)17(20)3/h4-13,31H,14H2,1-3H3,(H,27,32). The van der Waals surface area contributed by atoms with Crippen LogP contribution in [-0.4, -0.2) is 31.5 Å². The minimum Gasteiger partial charge on any atom is -0.507 e. The van der Waals surface area contributed by atoms with Crippen molar-refractivity contribution in [1.82, 2.24) is 14.8 Å². The van der Waals surface area contributed by atoms with Crippen LogP contribution in [0.25, 0.3) is 17.1 Å². The maximum Gasteiger partial charge on any atom is 0.234 e. The lowest BCUT2D eigenvalue weighted by molar-refractivity contribution is -0.113. The van der Waals surface area contributed by atoms with Crippen LogP contribution < -0.4 is 5.32 Å². The third kappa shape index (κ3) is 4.89. The van der Waals surface area contributed by atoms with E-state index in [2.05, 4.69) is 21.6 Å². The number of aromatic hydroxyl groups is 1. The number of amides is 1. The summed E-state index contributed by atoms with van der Waals surface area (Å²) < 4.78 is 1.88. The number of nitrogens with one attached hydrogen (secondary N) is 1. The van der Waals surface area contributed by atoms with E-state index in [1.165, 1.54) is 11.8 Å². The Balaban J connectivity index is 1.66. The second kappa shape index (κ2) is 9.68. The zero-order valence-corrected chi connectivity index (χ0v) is 20.0. The van der Waals surface area contributed by atoms with Gasteiger partial charge in [0, 0.05) is 10.7 Å². The predicted octanol–water partition coefficient (Wildman–Crippen LogP) is 5.95. The molecule has 6 nitrogen and oxygen atoms in total. The van der Waals surface area contributed by atoms with Crippen LogP contribution in [0.15, 0.2) is 65.8 Å². The zero-order valence-electron chi connectivity index (χ0n) is 18.5. The third-order valence-corrected chi connectivity index (χ3v) is 6.58. The van der Waals surface area contributed by atoms with E-state index in [0.717, 1.165) is 22.4 Å². The molecule has 0 unspecified atom stereocenters. The van der Waals surface area contributed by atoms with Gasteiger partial charge in [-0.3, -0.25) is 9.36 Å². The molecule has 0 fully saturated rings. The van der Waals surface area contributed by atoms with E-state index in [1.807, 2.05) is 49.6 Å². The Labute approximate surface area is 201 Å². The van der Waals surface area contributed by atoms with Crippen LogP contribution in [0.1, 0.15) is 16.7 Å². The van der Waals surface area contributed by atoms with Crippen LogP contribution in [0, 0.1) is 20.8 Å². The van der Waals surface area contributed by atoms with E-state index in [4.69, 9.17) is 11.6 Å². The summed E-state index contributed by atoms with van der Waals surface area (Å²) in [6.07, 6.45) is 0. The van der Waals surface area contributed by atoms with Crippen molar-refractivity contribution in [1.29, 1.82) is 0 Å². The number of rotatable bonds is 6. The number of phenolic OH excluding ortho intramolecular Hbond substituents is 1. The average Bonchev–Trinajstić information content (AvgIpc) is 3.19. The van der Waals surface area contributed by atoms with Gasteiger partial charge in [-0.25, -0.2) is 0 Å². The number of carbonyl (C=O) groups is 1. The monoisotopic (exact) mass is 478 g/mol. The van der Waals surface area contributed by atoms with Crippen molar-refractivity contribution in [2.24, 2.45) is 0 Å². The Bertz CT molecular complexity index is 1340. The first-order chi connectivity index (χ1) is 15.8. The highest BCUT2D eigenvalue weighted by Gasteiger charge is 2.20. The van der Waals surface area contributed by atoms with E-state index in [9.17, 15) is 9.90 Å². The van der Waals surface area contributed by atoms with E-state index in [-0.39, 0.29) is 17.4 Å². The van der Waals surface area contributed by atoms with Crippen molar-refractivity contribution >= 4 is 35.0 Å². The smallest absolute Gasteiger partial charge is 0.234 e. The molecule has 4 aromatic rings. The lowest BCUT2D eigenvalue weighted by Gasteiger charge is -2.14. The zero-order chi connectivity index (χ0) is 23.5. The molecule has 0 bridgehead atoms. The van der Waals surface area contributed by atoms with Crippen LogP contribution in [-0.2, 0) is 4.79 Å². The van der Waals surface area contributed by atoms with E-state index >= 15 is 0 Å². The number of benzene rings is 3. The van der Waals surface area contributed by atoms with Gasteiger partial charge in [0.2, 0.25) is 5.91 Å². The molecule has 4 rings (SSSR count). The summed E-state index contributed by atoms with van der Waals surface area (Å²) >= 11 is 7.44. The lowest BCUT2D eigenvalue weighted by atomic mass is 10.1. The number of hydrogen-bond acceptors (Lipinski definition) is 5. The molecule has 0 saturated carbocycles.